The van der Waals surface area contributed by atoms with Gasteiger partial charge in [0, 0.05) is 6.20 Å². The lowest BCUT2D eigenvalue weighted by Crippen LogP contribution is -2.05. The molecule has 0 unspecified atom stereocenters. The van der Waals surface area contributed by atoms with Gasteiger partial charge in [-0.2, -0.15) is 18.3 Å². The summed E-state index contributed by atoms with van der Waals surface area (Å²) in [6.07, 6.45) is -1.95. The molecule has 0 aliphatic heterocycles. The highest BCUT2D eigenvalue weighted by molar-refractivity contribution is 6.36. The maximum absolute atomic E-state index is 12.7. The van der Waals surface area contributed by atoms with Gasteiger partial charge < -0.3 is 0 Å². The molecule has 2 heterocycles. The third-order valence-electron chi connectivity index (χ3n) is 3.70. The molecule has 0 bridgehead atoms. The molecule has 0 atom stereocenters. The van der Waals surface area contributed by atoms with E-state index in [-0.39, 0.29) is 0 Å². The van der Waals surface area contributed by atoms with Gasteiger partial charge in [0.1, 0.15) is 0 Å². The summed E-state index contributed by atoms with van der Waals surface area (Å²) in [6, 6.07) is 4.80. The number of aryl methyl sites for hydroxylation is 2. The minimum Gasteiger partial charge on any atom is -0.236 e. The van der Waals surface area contributed by atoms with Crippen LogP contribution in [0.25, 0.3) is 16.7 Å². The summed E-state index contributed by atoms with van der Waals surface area (Å²) in [5.74, 6) is 0. The van der Waals surface area contributed by atoms with Gasteiger partial charge in [-0.05, 0) is 43.2 Å². The number of halogens is 4. The topological polar surface area (TPSA) is 30.7 Å². The summed E-state index contributed by atoms with van der Waals surface area (Å²) in [7, 11) is 0. The van der Waals surface area contributed by atoms with Gasteiger partial charge in [0.2, 0.25) is 0 Å². The summed E-state index contributed by atoms with van der Waals surface area (Å²) in [6.45, 7) is 3.78. The molecule has 0 saturated heterocycles. The van der Waals surface area contributed by atoms with Gasteiger partial charge >= 0.3 is 6.18 Å². The molecule has 0 fully saturated rings. The van der Waals surface area contributed by atoms with Crippen LogP contribution >= 0.6 is 11.6 Å². The lowest BCUT2D eigenvalue weighted by molar-refractivity contribution is -0.137. The van der Waals surface area contributed by atoms with E-state index in [9.17, 15) is 13.2 Å². The van der Waals surface area contributed by atoms with Crippen molar-refractivity contribution in [1.29, 1.82) is 0 Å². The van der Waals surface area contributed by atoms with Crippen LogP contribution in [0.15, 0.2) is 30.5 Å². The predicted molar refractivity (Wildman–Crippen MR) is 83.0 cm³/mol. The fourth-order valence-corrected chi connectivity index (χ4v) is 2.87. The van der Waals surface area contributed by atoms with Crippen molar-refractivity contribution in [3.05, 3.63) is 52.3 Å². The summed E-state index contributed by atoms with van der Waals surface area (Å²) in [5.41, 5.74) is 1.93. The Labute approximate surface area is 135 Å². The third-order valence-corrected chi connectivity index (χ3v) is 4.13. The Morgan fingerprint density at radius 1 is 1.17 bits per heavy atom. The molecule has 3 nitrogen and oxygen atoms in total. The monoisotopic (exact) mass is 339 g/mol. The minimum atomic E-state index is -4.36. The van der Waals surface area contributed by atoms with Gasteiger partial charge in [0.05, 0.1) is 27.4 Å². The first-order valence-corrected chi connectivity index (χ1v) is 7.41. The SMILES string of the molecule is CCc1cnc2c(c(C)nn2-c2ccc(C(F)(F)F)cc2)c1Cl. The van der Waals surface area contributed by atoms with E-state index in [1.807, 2.05) is 6.92 Å². The van der Waals surface area contributed by atoms with Gasteiger partial charge in [-0.3, -0.25) is 0 Å². The normalized spacial score (nSPS) is 12.1. The number of benzene rings is 1. The van der Waals surface area contributed by atoms with Crippen molar-refractivity contribution >= 4 is 22.6 Å². The molecule has 0 aliphatic rings. The molecule has 0 spiro atoms. The van der Waals surface area contributed by atoms with Gasteiger partial charge in [0.25, 0.3) is 0 Å². The van der Waals surface area contributed by atoms with Crippen molar-refractivity contribution in [2.75, 3.05) is 0 Å². The first-order valence-electron chi connectivity index (χ1n) is 7.03. The van der Waals surface area contributed by atoms with Crippen molar-refractivity contribution in [3.8, 4) is 5.69 Å². The molecule has 23 heavy (non-hydrogen) atoms. The molecular formula is C16H13ClF3N3. The molecule has 2 aromatic heterocycles. The maximum Gasteiger partial charge on any atom is 0.416 e. The quantitative estimate of drug-likeness (QED) is 0.660. The Balaban J connectivity index is 2.16. The van der Waals surface area contributed by atoms with Crippen molar-refractivity contribution in [2.24, 2.45) is 0 Å². The van der Waals surface area contributed by atoms with Crippen LogP contribution in [0.1, 0.15) is 23.7 Å². The zero-order valence-corrected chi connectivity index (χ0v) is 13.2. The first kappa shape index (κ1) is 15.8. The average Bonchev–Trinajstić information content (AvgIpc) is 2.85. The molecule has 0 radical (unpaired) electrons. The Kier molecular flexibility index (Phi) is 3.80. The fraction of sp³-hybridized carbons (Fsp3) is 0.250. The predicted octanol–water partition coefficient (Wildman–Crippen LogP) is 4.96. The second-order valence-electron chi connectivity index (χ2n) is 5.19. The second-order valence-corrected chi connectivity index (χ2v) is 5.57. The lowest BCUT2D eigenvalue weighted by Gasteiger charge is -2.08. The molecule has 3 rings (SSSR count). The van der Waals surface area contributed by atoms with E-state index >= 15 is 0 Å². The first-order chi connectivity index (χ1) is 10.8. The van der Waals surface area contributed by atoms with E-state index < -0.39 is 11.7 Å². The molecule has 3 aromatic rings. The largest absolute Gasteiger partial charge is 0.416 e. The molecule has 0 N–H and O–H groups in total. The van der Waals surface area contributed by atoms with Crippen molar-refractivity contribution < 1.29 is 13.2 Å². The van der Waals surface area contributed by atoms with Gasteiger partial charge in [-0.15, -0.1) is 0 Å². The van der Waals surface area contributed by atoms with Crippen LogP contribution < -0.4 is 0 Å². The van der Waals surface area contributed by atoms with Crippen molar-refractivity contribution in [3.63, 3.8) is 0 Å². The van der Waals surface area contributed by atoms with Gasteiger partial charge in [-0.1, -0.05) is 18.5 Å². The molecule has 1 aromatic carbocycles. The van der Waals surface area contributed by atoms with Crippen molar-refractivity contribution in [1.82, 2.24) is 14.8 Å². The van der Waals surface area contributed by atoms with Crippen LogP contribution in [0.4, 0.5) is 13.2 Å². The van der Waals surface area contributed by atoms with Crippen molar-refractivity contribution in [2.45, 2.75) is 26.4 Å². The minimum absolute atomic E-state index is 0.504. The molecule has 120 valence electrons. The summed E-state index contributed by atoms with van der Waals surface area (Å²) < 4.78 is 39.5. The molecule has 0 aliphatic carbocycles. The van der Waals surface area contributed by atoms with E-state index in [1.54, 1.807) is 13.1 Å². The number of hydrogen-bond acceptors (Lipinski definition) is 2. The van der Waals surface area contributed by atoms with E-state index in [2.05, 4.69) is 10.1 Å². The number of alkyl halides is 3. The molecule has 0 amide bonds. The zero-order chi connectivity index (χ0) is 16.8. The number of aromatic nitrogens is 3. The van der Waals surface area contributed by atoms with Gasteiger partial charge in [0.15, 0.2) is 5.65 Å². The van der Waals surface area contributed by atoms with Gasteiger partial charge in [-0.25, -0.2) is 9.67 Å². The maximum atomic E-state index is 12.7. The highest BCUT2D eigenvalue weighted by Gasteiger charge is 2.30. The Morgan fingerprint density at radius 3 is 2.39 bits per heavy atom. The molecule has 0 saturated carbocycles. The fourth-order valence-electron chi connectivity index (χ4n) is 2.47. The summed E-state index contributed by atoms with van der Waals surface area (Å²) >= 11 is 6.39. The molecular weight excluding hydrogens is 327 g/mol. The highest BCUT2D eigenvalue weighted by atomic mass is 35.5. The lowest BCUT2D eigenvalue weighted by atomic mass is 10.1. The Morgan fingerprint density at radius 2 is 1.83 bits per heavy atom. The van der Waals surface area contributed by atoms with E-state index in [4.69, 9.17) is 11.6 Å². The highest BCUT2D eigenvalue weighted by Crippen LogP contribution is 2.32. The number of pyridine rings is 1. The van der Waals surface area contributed by atoms with E-state index in [0.29, 0.717) is 22.1 Å². The summed E-state index contributed by atoms with van der Waals surface area (Å²) in [4.78, 5) is 4.37. The standard InChI is InChI=1S/C16H13ClF3N3/c1-3-10-8-21-15-13(14(10)17)9(2)22-23(15)12-6-4-11(5-7-12)16(18,19)20/h4-8H,3H2,1-2H3. The number of nitrogens with zero attached hydrogens (tertiary/aromatic N) is 3. The number of hydrogen-bond donors (Lipinski definition) is 0. The van der Waals surface area contributed by atoms with Crippen LogP contribution in [-0.2, 0) is 12.6 Å². The van der Waals surface area contributed by atoms with Crippen LogP contribution in [0.5, 0.6) is 0 Å². The number of rotatable bonds is 2. The Hall–Kier alpha value is -2.08. The molecule has 7 heteroatoms. The zero-order valence-electron chi connectivity index (χ0n) is 12.4. The van der Waals surface area contributed by atoms with E-state index in [1.165, 1.54) is 16.8 Å². The third kappa shape index (κ3) is 2.67. The number of fused-ring (bicyclic) bond motifs is 1. The van der Waals surface area contributed by atoms with Crippen LogP contribution in [0, 0.1) is 6.92 Å². The average molecular weight is 340 g/mol. The smallest absolute Gasteiger partial charge is 0.236 e. The van der Waals surface area contributed by atoms with Crippen LogP contribution in [-0.4, -0.2) is 14.8 Å². The van der Waals surface area contributed by atoms with Crippen LogP contribution in [0.3, 0.4) is 0 Å². The second kappa shape index (κ2) is 5.53. The Bertz CT molecular complexity index is 867. The van der Waals surface area contributed by atoms with E-state index in [0.717, 1.165) is 29.5 Å². The summed E-state index contributed by atoms with van der Waals surface area (Å²) in [5, 5.41) is 5.70. The van der Waals surface area contributed by atoms with Crippen LogP contribution in [0.2, 0.25) is 5.02 Å².